The van der Waals surface area contributed by atoms with Crippen molar-refractivity contribution in [1.82, 2.24) is 4.90 Å². The van der Waals surface area contributed by atoms with E-state index < -0.39 is 23.6 Å². The molecule has 0 aromatic carbocycles. The van der Waals surface area contributed by atoms with E-state index in [4.69, 9.17) is 10.1 Å². The molecular formula is C16H24N2O4S. The minimum atomic E-state index is -1.09. The lowest BCUT2D eigenvalue weighted by Gasteiger charge is -2.31. The van der Waals surface area contributed by atoms with Gasteiger partial charge >= 0.3 is 11.9 Å². The van der Waals surface area contributed by atoms with Crippen LogP contribution in [0.2, 0.25) is 0 Å². The summed E-state index contributed by atoms with van der Waals surface area (Å²) in [5, 5.41) is 18.0. The van der Waals surface area contributed by atoms with Crippen LogP contribution in [-0.4, -0.2) is 56.6 Å². The molecule has 7 heteroatoms. The Morgan fingerprint density at radius 2 is 1.96 bits per heavy atom. The largest absolute Gasteiger partial charge is 0.481 e. The highest BCUT2D eigenvalue weighted by Gasteiger charge is 2.27. The van der Waals surface area contributed by atoms with Gasteiger partial charge in [0.25, 0.3) is 0 Å². The highest BCUT2D eigenvalue weighted by Crippen LogP contribution is 2.25. The number of aliphatic carboxylic acids is 2. The first-order chi connectivity index (χ1) is 11.1. The number of hydrogen-bond acceptors (Lipinski definition) is 4. The molecular weight excluding hydrogens is 316 g/mol. The lowest BCUT2D eigenvalue weighted by Crippen LogP contribution is -2.37. The Morgan fingerprint density at radius 1 is 1.22 bits per heavy atom. The third-order valence-electron chi connectivity index (χ3n) is 4.04. The first-order valence-corrected chi connectivity index (χ1v) is 9.03. The third kappa shape index (κ3) is 5.89. The molecule has 0 aromatic rings. The monoisotopic (exact) mass is 340 g/mol. The number of thioether (sulfide) groups is 1. The molecule has 1 aliphatic heterocycles. The average Bonchev–Trinajstić information content (AvgIpc) is 2.54. The number of allylic oxidation sites excluding steroid dienone is 1. The summed E-state index contributed by atoms with van der Waals surface area (Å²) in [5.74, 6) is -2.19. The van der Waals surface area contributed by atoms with Crippen molar-refractivity contribution in [3.05, 3.63) is 12.2 Å². The maximum atomic E-state index is 11.4. The Morgan fingerprint density at radius 3 is 2.52 bits per heavy atom. The molecule has 0 saturated carbocycles. The van der Waals surface area contributed by atoms with Gasteiger partial charge in [-0.3, -0.25) is 14.6 Å². The van der Waals surface area contributed by atoms with Crippen LogP contribution in [0.4, 0.5) is 0 Å². The van der Waals surface area contributed by atoms with Gasteiger partial charge in [0.2, 0.25) is 0 Å². The van der Waals surface area contributed by atoms with Crippen molar-refractivity contribution in [3.63, 3.8) is 0 Å². The van der Waals surface area contributed by atoms with Gasteiger partial charge in [-0.25, -0.2) is 0 Å². The zero-order valence-electron chi connectivity index (χ0n) is 13.2. The quantitative estimate of drug-likeness (QED) is 0.454. The Bertz CT molecular complexity index is 486. The molecule has 0 bridgehead atoms. The summed E-state index contributed by atoms with van der Waals surface area (Å²) >= 11 is 1.10. The number of carbonyl (C=O) groups is 2. The fourth-order valence-corrected chi connectivity index (χ4v) is 3.91. The molecule has 0 amide bonds. The van der Waals surface area contributed by atoms with Gasteiger partial charge in [-0.05, 0) is 38.5 Å². The number of nitrogens with zero attached hydrogens (tertiary/aromatic N) is 2. The zero-order valence-corrected chi connectivity index (χ0v) is 14.0. The molecule has 2 aliphatic rings. The van der Waals surface area contributed by atoms with Gasteiger partial charge in [0.05, 0.1) is 12.5 Å². The van der Waals surface area contributed by atoms with Crippen LogP contribution >= 0.6 is 11.8 Å². The normalized spacial score (nSPS) is 23.6. The maximum Gasteiger partial charge on any atom is 0.317 e. The van der Waals surface area contributed by atoms with E-state index in [2.05, 4.69) is 17.1 Å². The van der Waals surface area contributed by atoms with Gasteiger partial charge < -0.3 is 15.1 Å². The predicted octanol–water partition coefficient (Wildman–Crippen LogP) is 2.60. The van der Waals surface area contributed by atoms with Crippen LogP contribution in [0.3, 0.4) is 0 Å². The van der Waals surface area contributed by atoms with Gasteiger partial charge in [-0.2, -0.15) is 0 Å². The van der Waals surface area contributed by atoms with Gasteiger partial charge in [-0.15, -0.1) is 0 Å². The summed E-state index contributed by atoms with van der Waals surface area (Å²) in [6.07, 6.45) is 10.0. The Balaban J connectivity index is 2.13. The molecule has 2 N–H and O–H groups in total. The van der Waals surface area contributed by atoms with E-state index in [0.717, 1.165) is 57.0 Å². The molecule has 128 valence electrons. The highest BCUT2D eigenvalue weighted by atomic mass is 32.2. The molecule has 2 rings (SSSR count). The molecule has 0 unspecified atom stereocenters. The maximum absolute atomic E-state index is 11.4. The molecule has 1 aliphatic carbocycles. The van der Waals surface area contributed by atoms with Crippen LogP contribution in [0.15, 0.2) is 17.1 Å². The van der Waals surface area contributed by atoms with E-state index in [0.29, 0.717) is 5.17 Å². The number of piperidine rings is 1. The Hall–Kier alpha value is -1.50. The van der Waals surface area contributed by atoms with E-state index in [1.54, 1.807) is 0 Å². The summed E-state index contributed by atoms with van der Waals surface area (Å²) in [5.41, 5.74) is 0. The summed E-state index contributed by atoms with van der Waals surface area (Å²) in [4.78, 5) is 29.2. The molecule has 2 atom stereocenters. The summed E-state index contributed by atoms with van der Waals surface area (Å²) in [6.45, 7) is 1.74. The van der Waals surface area contributed by atoms with Crippen molar-refractivity contribution in [2.24, 2.45) is 4.99 Å². The fraction of sp³-hybridized carbons (Fsp3) is 0.688. The van der Waals surface area contributed by atoms with Crippen LogP contribution in [0.1, 0.15) is 44.9 Å². The molecule has 1 fully saturated rings. The van der Waals surface area contributed by atoms with Gasteiger partial charge in [-0.1, -0.05) is 23.9 Å². The van der Waals surface area contributed by atoms with Crippen LogP contribution in [-0.2, 0) is 9.59 Å². The van der Waals surface area contributed by atoms with E-state index >= 15 is 0 Å². The van der Waals surface area contributed by atoms with Crippen LogP contribution in [0.5, 0.6) is 0 Å². The minimum Gasteiger partial charge on any atom is -0.481 e. The van der Waals surface area contributed by atoms with Gasteiger partial charge in [0, 0.05) is 13.1 Å². The van der Waals surface area contributed by atoms with E-state index in [1.807, 2.05) is 0 Å². The van der Waals surface area contributed by atoms with Crippen LogP contribution < -0.4 is 0 Å². The second-order valence-electron chi connectivity index (χ2n) is 5.94. The van der Waals surface area contributed by atoms with Crippen molar-refractivity contribution >= 4 is 28.9 Å². The van der Waals surface area contributed by atoms with Crippen LogP contribution in [0.25, 0.3) is 0 Å². The molecule has 23 heavy (non-hydrogen) atoms. The van der Waals surface area contributed by atoms with E-state index in [-0.39, 0.29) is 6.04 Å². The van der Waals surface area contributed by atoms with E-state index in [9.17, 15) is 14.7 Å². The second-order valence-corrected chi connectivity index (χ2v) is 7.11. The topological polar surface area (TPSA) is 90.2 Å². The standard InChI is InChI=1S/C16H24N2O4S/c19-14(20)11-13(15(21)22)23-16(18-9-5-2-6-10-18)17-12-7-3-1-4-8-12/h1,3,12-13H,2,4-11H2,(H,19,20)(H,21,22)/t12-,13-/m1/s1. The SMILES string of the molecule is O=C(O)C[C@@H](SC(=N[C@@H]1CC=CCC1)N1CCCCC1)C(=O)O. The smallest absolute Gasteiger partial charge is 0.317 e. The molecule has 6 nitrogen and oxygen atoms in total. The van der Waals surface area contributed by atoms with E-state index in [1.165, 1.54) is 6.42 Å². The lowest BCUT2D eigenvalue weighted by molar-refractivity contribution is -0.142. The summed E-state index contributed by atoms with van der Waals surface area (Å²) in [6, 6.07) is 0.170. The Labute approximate surface area is 140 Å². The molecule has 0 aromatic heterocycles. The van der Waals surface area contributed by atoms with Gasteiger partial charge in [0.15, 0.2) is 5.17 Å². The molecule has 0 radical (unpaired) electrons. The minimum absolute atomic E-state index is 0.170. The molecule has 1 heterocycles. The second kappa shape index (κ2) is 8.96. The number of carboxylic acid groups (broad SMARTS) is 2. The first-order valence-electron chi connectivity index (χ1n) is 8.15. The van der Waals surface area contributed by atoms with Crippen molar-refractivity contribution in [1.29, 1.82) is 0 Å². The average molecular weight is 340 g/mol. The van der Waals surface area contributed by atoms with Crippen LogP contribution in [0, 0.1) is 0 Å². The molecule has 1 saturated heterocycles. The Kier molecular flexibility index (Phi) is 6.95. The van der Waals surface area contributed by atoms with Crippen molar-refractivity contribution in [2.45, 2.75) is 56.2 Å². The molecule has 0 spiro atoms. The number of carboxylic acids is 2. The predicted molar refractivity (Wildman–Crippen MR) is 90.9 cm³/mol. The number of rotatable bonds is 5. The first kappa shape index (κ1) is 17.8. The number of amidine groups is 1. The van der Waals surface area contributed by atoms with Crippen molar-refractivity contribution in [3.8, 4) is 0 Å². The van der Waals surface area contributed by atoms with Gasteiger partial charge in [0.1, 0.15) is 5.25 Å². The zero-order chi connectivity index (χ0) is 16.7. The summed E-state index contributed by atoms with van der Waals surface area (Å²) < 4.78 is 0. The summed E-state index contributed by atoms with van der Waals surface area (Å²) in [7, 11) is 0. The van der Waals surface area contributed by atoms with Crippen molar-refractivity contribution in [2.75, 3.05) is 13.1 Å². The fourth-order valence-electron chi connectivity index (χ4n) is 2.79. The lowest BCUT2D eigenvalue weighted by atomic mass is 10.0. The van der Waals surface area contributed by atoms with Crippen molar-refractivity contribution < 1.29 is 19.8 Å². The third-order valence-corrected chi connectivity index (χ3v) is 5.27. The number of likely N-dealkylation sites (tertiary alicyclic amines) is 1. The number of aliphatic imine (C=N–C) groups is 1. The number of hydrogen-bond donors (Lipinski definition) is 2. The highest BCUT2D eigenvalue weighted by molar-refractivity contribution is 8.14.